The Hall–Kier alpha value is -1.78. The van der Waals surface area contributed by atoms with Crippen LogP contribution in [0.5, 0.6) is 0 Å². The first-order valence-corrected chi connectivity index (χ1v) is 6.79. The van der Waals surface area contributed by atoms with Crippen LogP contribution < -0.4 is 5.32 Å². The molecule has 0 aliphatic carbocycles. The van der Waals surface area contributed by atoms with Crippen LogP contribution in [-0.4, -0.2) is 25.9 Å². The Balaban J connectivity index is 2.31. The lowest BCUT2D eigenvalue weighted by Gasteiger charge is -2.10. The van der Waals surface area contributed by atoms with Gasteiger partial charge in [0.15, 0.2) is 0 Å². The Morgan fingerprint density at radius 2 is 1.95 bits per heavy atom. The smallest absolute Gasteiger partial charge is 0.129 e. The summed E-state index contributed by atoms with van der Waals surface area (Å²) >= 11 is 0. The Morgan fingerprint density at radius 1 is 1.21 bits per heavy atom. The molecule has 0 radical (unpaired) electrons. The van der Waals surface area contributed by atoms with Gasteiger partial charge in [-0.15, -0.1) is 0 Å². The fourth-order valence-corrected chi connectivity index (χ4v) is 2.23. The molecule has 5 heteroatoms. The van der Waals surface area contributed by atoms with E-state index in [9.17, 15) is 0 Å². The molecular weight excluding hydrogens is 238 g/mol. The molecule has 2 rings (SSSR count). The number of aryl methyl sites for hydroxylation is 3. The van der Waals surface area contributed by atoms with Crippen molar-refractivity contribution in [1.82, 2.24) is 19.3 Å². The minimum absolute atomic E-state index is 0.818. The number of rotatable bonds is 5. The second kappa shape index (κ2) is 5.47. The zero-order valence-corrected chi connectivity index (χ0v) is 12.5. The van der Waals surface area contributed by atoms with E-state index in [0.717, 1.165) is 36.7 Å². The van der Waals surface area contributed by atoms with E-state index in [0.29, 0.717) is 0 Å². The van der Waals surface area contributed by atoms with Crippen LogP contribution in [0.2, 0.25) is 0 Å². The number of imidazole rings is 1. The van der Waals surface area contributed by atoms with Crippen LogP contribution in [0.15, 0.2) is 6.33 Å². The third kappa shape index (κ3) is 2.64. The van der Waals surface area contributed by atoms with Crippen molar-refractivity contribution < 1.29 is 0 Å². The van der Waals surface area contributed by atoms with Crippen molar-refractivity contribution in [3.8, 4) is 0 Å². The molecule has 0 amide bonds. The highest BCUT2D eigenvalue weighted by Crippen LogP contribution is 2.21. The molecule has 0 saturated carbocycles. The van der Waals surface area contributed by atoms with Gasteiger partial charge in [-0.25, -0.2) is 4.98 Å². The highest BCUT2D eigenvalue weighted by atomic mass is 15.3. The maximum atomic E-state index is 4.52. The van der Waals surface area contributed by atoms with Gasteiger partial charge < -0.3 is 9.88 Å². The van der Waals surface area contributed by atoms with E-state index < -0.39 is 0 Å². The van der Waals surface area contributed by atoms with Crippen LogP contribution in [0.3, 0.4) is 0 Å². The van der Waals surface area contributed by atoms with Crippen molar-refractivity contribution in [2.75, 3.05) is 11.9 Å². The quantitative estimate of drug-likeness (QED) is 0.899. The minimum Gasteiger partial charge on any atom is -0.370 e. The molecular formula is C14H23N5. The molecule has 0 aliphatic heterocycles. The SMILES string of the molecule is CCCNc1c(Cn2cnc(C)c2C)c(C)nn1C. The van der Waals surface area contributed by atoms with E-state index in [1.54, 1.807) is 0 Å². The Morgan fingerprint density at radius 3 is 2.53 bits per heavy atom. The molecule has 5 nitrogen and oxygen atoms in total. The molecule has 0 aromatic carbocycles. The number of anilines is 1. The summed E-state index contributed by atoms with van der Waals surface area (Å²) in [4.78, 5) is 4.36. The molecule has 2 aromatic heterocycles. The van der Waals surface area contributed by atoms with Gasteiger partial charge in [0.05, 0.1) is 24.3 Å². The first kappa shape index (κ1) is 13.6. The fourth-order valence-electron chi connectivity index (χ4n) is 2.23. The van der Waals surface area contributed by atoms with E-state index in [2.05, 4.69) is 40.7 Å². The third-order valence-electron chi connectivity index (χ3n) is 3.56. The summed E-state index contributed by atoms with van der Waals surface area (Å²) < 4.78 is 4.11. The average molecular weight is 261 g/mol. The highest BCUT2D eigenvalue weighted by Gasteiger charge is 2.14. The van der Waals surface area contributed by atoms with Crippen LogP contribution in [0.25, 0.3) is 0 Å². The van der Waals surface area contributed by atoms with Crippen LogP contribution in [0, 0.1) is 20.8 Å². The van der Waals surface area contributed by atoms with Gasteiger partial charge in [0.2, 0.25) is 0 Å². The van der Waals surface area contributed by atoms with Crippen molar-refractivity contribution >= 4 is 5.82 Å². The van der Waals surface area contributed by atoms with Gasteiger partial charge in [-0.05, 0) is 27.2 Å². The minimum atomic E-state index is 0.818. The number of aromatic nitrogens is 4. The highest BCUT2D eigenvalue weighted by molar-refractivity contribution is 5.47. The number of nitrogens with zero attached hydrogens (tertiary/aromatic N) is 4. The van der Waals surface area contributed by atoms with Gasteiger partial charge in [0, 0.05) is 24.8 Å². The van der Waals surface area contributed by atoms with Gasteiger partial charge in [-0.1, -0.05) is 6.92 Å². The molecule has 1 N–H and O–H groups in total. The molecule has 0 unspecified atom stereocenters. The second-order valence-corrected chi connectivity index (χ2v) is 5.01. The number of hydrogen-bond acceptors (Lipinski definition) is 3. The molecule has 0 saturated heterocycles. The first-order valence-electron chi connectivity index (χ1n) is 6.79. The first-order chi connectivity index (χ1) is 9.04. The number of nitrogens with one attached hydrogen (secondary N) is 1. The summed E-state index contributed by atoms with van der Waals surface area (Å²) in [6, 6.07) is 0. The summed E-state index contributed by atoms with van der Waals surface area (Å²) in [5, 5.41) is 7.98. The molecule has 0 spiro atoms. The van der Waals surface area contributed by atoms with Crippen molar-refractivity contribution in [3.05, 3.63) is 29.0 Å². The maximum absolute atomic E-state index is 4.52. The van der Waals surface area contributed by atoms with Crippen LogP contribution >= 0.6 is 0 Å². The second-order valence-electron chi connectivity index (χ2n) is 5.01. The van der Waals surface area contributed by atoms with E-state index in [4.69, 9.17) is 0 Å². The zero-order valence-electron chi connectivity index (χ0n) is 12.5. The summed E-state index contributed by atoms with van der Waals surface area (Å²) in [5.41, 5.74) is 4.62. The third-order valence-corrected chi connectivity index (χ3v) is 3.56. The molecule has 0 aliphatic rings. The Kier molecular flexibility index (Phi) is 3.93. The van der Waals surface area contributed by atoms with Gasteiger partial charge in [0.25, 0.3) is 0 Å². The standard InChI is InChI=1S/C14H23N5/c1-6-7-15-14-13(11(3)17-18(14)5)8-19-9-16-10(2)12(19)4/h9,15H,6-8H2,1-5H3. The van der Waals surface area contributed by atoms with E-state index in [1.807, 2.05) is 25.0 Å². The van der Waals surface area contributed by atoms with E-state index in [-0.39, 0.29) is 0 Å². The van der Waals surface area contributed by atoms with E-state index >= 15 is 0 Å². The summed E-state index contributed by atoms with van der Waals surface area (Å²) in [5.74, 6) is 1.12. The lowest BCUT2D eigenvalue weighted by molar-refractivity contribution is 0.752. The lowest BCUT2D eigenvalue weighted by atomic mass is 10.2. The van der Waals surface area contributed by atoms with Crippen molar-refractivity contribution in [1.29, 1.82) is 0 Å². The molecule has 19 heavy (non-hydrogen) atoms. The van der Waals surface area contributed by atoms with Gasteiger partial charge in [-0.2, -0.15) is 5.10 Å². The summed E-state index contributed by atoms with van der Waals surface area (Å²) in [7, 11) is 1.99. The lowest BCUT2D eigenvalue weighted by Crippen LogP contribution is -2.09. The number of hydrogen-bond donors (Lipinski definition) is 1. The Bertz CT molecular complexity index is 565. The van der Waals surface area contributed by atoms with Crippen LogP contribution in [0.4, 0.5) is 5.82 Å². The predicted molar refractivity (Wildman–Crippen MR) is 77.5 cm³/mol. The topological polar surface area (TPSA) is 47.7 Å². The van der Waals surface area contributed by atoms with Gasteiger partial charge in [0.1, 0.15) is 5.82 Å². The molecule has 0 atom stereocenters. The molecule has 0 fully saturated rings. The van der Waals surface area contributed by atoms with E-state index in [1.165, 1.54) is 11.3 Å². The zero-order chi connectivity index (χ0) is 14.0. The van der Waals surface area contributed by atoms with Crippen molar-refractivity contribution in [3.63, 3.8) is 0 Å². The molecule has 0 bridgehead atoms. The fraction of sp³-hybridized carbons (Fsp3) is 0.571. The van der Waals surface area contributed by atoms with Crippen LogP contribution in [-0.2, 0) is 13.6 Å². The van der Waals surface area contributed by atoms with Crippen LogP contribution in [0.1, 0.15) is 36.0 Å². The molecule has 2 heterocycles. The summed E-state index contributed by atoms with van der Waals surface area (Å²) in [6.07, 6.45) is 3.01. The maximum Gasteiger partial charge on any atom is 0.129 e. The van der Waals surface area contributed by atoms with Gasteiger partial charge in [-0.3, -0.25) is 4.68 Å². The Labute approximate surface area is 114 Å². The average Bonchev–Trinajstić information content (AvgIpc) is 2.82. The monoisotopic (exact) mass is 261 g/mol. The largest absolute Gasteiger partial charge is 0.370 e. The predicted octanol–water partition coefficient (Wildman–Crippen LogP) is 2.41. The molecule has 2 aromatic rings. The summed E-state index contributed by atoms with van der Waals surface area (Å²) in [6.45, 7) is 10.2. The van der Waals surface area contributed by atoms with Crippen molar-refractivity contribution in [2.24, 2.45) is 7.05 Å². The van der Waals surface area contributed by atoms with Gasteiger partial charge >= 0.3 is 0 Å². The van der Waals surface area contributed by atoms with Crippen molar-refractivity contribution in [2.45, 2.75) is 40.7 Å². The normalized spacial score (nSPS) is 11.0. The molecule has 104 valence electrons.